The number of aromatic nitrogens is 1. The van der Waals surface area contributed by atoms with E-state index in [0.29, 0.717) is 6.04 Å². The highest BCUT2D eigenvalue weighted by Gasteiger charge is 2.24. The smallest absolute Gasteiger partial charge is 0.0569 e. The van der Waals surface area contributed by atoms with Gasteiger partial charge in [0.25, 0.3) is 0 Å². The van der Waals surface area contributed by atoms with Crippen molar-refractivity contribution in [2.75, 3.05) is 11.4 Å². The van der Waals surface area contributed by atoms with Gasteiger partial charge in [-0.25, -0.2) is 0 Å². The van der Waals surface area contributed by atoms with Crippen LogP contribution in [0.3, 0.4) is 0 Å². The van der Waals surface area contributed by atoms with Crippen LogP contribution in [0.2, 0.25) is 0 Å². The summed E-state index contributed by atoms with van der Waals surface area (Å²) in [5.74, 6) is 0. The van der Waals surface area contributed by atoms with Crippen LogP contribution in [0.1, 0.15) is 23.4 Å². The van der Waals surface area contributed by atoms with E-state index in [9.17, 15) is 0 Å². The number of thiophene rings is 1. The molecule has 1 unspecified atom stereocenters. The lowest BCUT2D eigenvalue weighted by molar-refractivity contribution is 0.631. The first-order chi connectivity index (χ1) is 8.25. The summed E-state index contributed by atoms with van der Waals surface area (Å²) in [6, 6.07) is 4.84. The Morgan fingerprint density at radius 1 is 1.47 bits per heavy atom. The number of pyridine rings is 1. The standard InChI is InChI=1S/C13H13BrN2S/c1-9-12-3-5-17-13(12)2-4-16(9)11-6-10(14)7-15-8-11/h3,5-9H,2,4H2,1H3. The lowest BCUT2D eigenvalue weighted by Crippen LogP contribution is -2.33. The van der Waals surface area contributed by atoms with Crippen LogP contribution in [-0.4, -0.2) is 11.5 Å². The topological polar surface area (TPSA) is 16.1 Å². The molecule has 0 fully saturated rings. The van der Waals surface area contributed by atoms with Crippen LogP contribution in [-0.2, 0) is 6.42 Å². The molecular weight excluding hydrogens is 296 g/mol. The highest BCUT2D eigenvalue weighted by atomic mass is 79.9. The van der Waals surface area contributed by atoms with Gasteiger partial charge in [0.15, 0.2) is 0 Å². The number of nitrogens with zero attached hydrogens (tertiary/aromatic N) is 2. The van der Waals surface area contributed by atoms with Crippen molar-refractivity contribution < 1.29 is 0 Å². The first kappa shape index (κ1) is 11.2. The van der Waals surface area contributed by atoms with Gasteiger partial charge in [0.05, 0.1) is 17.9 Å². The van der Waals surface area contributed by atoms with Crippen molar-refractivity contribution >= 4 is 33.0 Å². The molecule has 0 saturated heterocycles. The predicted octanol–water partition coefficient (Wildman–Crippen LogP) is 4.03. The van der Waals surface area contributed by atoms with Gasteiger partial charge in [-0.1, -0.05) is 0 Å². The number of hydrogen-bond donors (Lipinski definition) is 0. The number of hydrogen-bond acceptors (Lipinski definition) is 3. The third-order valence-corrected chi connectivity index (χ3v) is 4.73. The molecule has 0 bridgehead atoms. The molecule has 3 rings (SSSR count). The Bertz CT molecular complexity index is 538. The average Bonchev–Trinajstić information content (AvgIpc) is 2.78. The molecule has 2 nitrogen and oxygen atoms in total. The number of halogens is 1. The van der Waals surface area contributed by atoms with Crippen molar-refractivity contribution in [3.63, 3.8) is 0 Å². The third-order valence-electron chi connectivity index (χ3n) is 3.30. The minimum atomic E-state index is 0.445. The highest BCUT2D eigenvalue weighted by molar-refractivity contribution is 9.10. The van der Waals surface area contributed by atoms with Crippen molar-refractivity contribution in [1.29, 1.82) is 0 Å². The molecular formula is C13H13BrN2S. The van der Waals surface area contributed by atoms with E-state index in [2.05, 4.69) is 50.3 Å². The molecule has 1 atom stereocenters. The summed E-state index contributed by atoms with van der Waals surface area (Å²) in [5, 5.41) is 2.20. The molecule has 3 heterocycles. The van der Waals surface area contributed by atoms with E-state index >= 15 is 0 Å². The molecule has 0 radical (unpaired) electrons. The van der Waals surface area contributed by atoms with Crippen molar-refractivity contribution in [3.05, 3.63) is 44.8 Å². The first-order valence-corrected chi connectivity index (χ1v) is 7.36. The molecule has 0 aromatic carbocycles. The van der Waals surface area contributed by atoms with Gasteiger partial charge in [-0.2, -0.15) is 0 Å². The molecule has 2 aromatic rings. The normalized spacial score (nSPS) is 19.2. The fourth-order valence-corrected chi connectivity index (χ4v) is 3.74. The number of fused-ring (bicyclic) bond motifs is 1. The summed E-state index contributed by atoms with van der Waals surface area (Å²) < 4.78 is 1.04. The van der Waals surface area contributed by atoms with Crippen LogP contribution in [0.15, 0.2) is 34.4 Å². The van der Waals surface area contributed by atoms with E-state index in [4.69, 9.17) is 0 Å². The predicted molar refractivity (Wildman–Crippen MR) is 75.7 cm³/mol. The maximum absolute atomic E-state index is 4.25. The fraction of sp³-hybridized carbons (Fsp3) is 0.308. The third kappa shape index (κ3) is 2.00. The van der Waals surface area contributed by atoms with Gasteiger partial charge < -0.3 is 4.90 Å². The minimum absolute atomic E-state index is 0.445. The molecule has 1 aliphatic rings. The summed E-state index contributed by atoms with van der Waals surface area (Å²) in [5.41, 5.74) is 2.67. The molecule has 2 aromatic heterocycles. The zero-order valence-electron chi connectivity index (χ0n) is 9.56. The van der Waals surface area contributed by atoms with Crippen molar-refractivity contribution in [2.24, 2.45) is 0 Å². The van der Waals surface area contributed by atoms with Crippen LogP contribution in [0.4, 0.5) is 5.69 Å². The zero-order valence-corrected chi connectivity index (χ0v) is 12.0. The molecule has 4 heteroatoms. The summed E-state index contributed by atoms with van der Waals surface area (Å²) in [6.45, 7) is 3.35. The quantitative estimate of drug-likeness (QED) is 0.790. The Labute approximate surface area is 113 Å². The Kier molecular flexibility index (Phi) is 2.92. The van der Waals surface area contributed by atoms with Gasteiger partial charge in [0, 0.05) is 22.1 Å². The maximum Gasteiger partial charge on any atom is 0.0569 e. The van der Waals surface area contributed by atoms with Crippen LogP contribution in [0, 0.1) is 0 Å². The lowest BCUT2D eigenvalue weighted by atomic mass is 10.0. The van der Waals surface area contributed by atoms with Gasteiger partial charge in [0.1, 0.15) is 0 Å². The second-order valence-corrected chi connectivity index (χ2v) is 6.20. The molecule has 17 heavy (non-hydrogen) atoms. The van der Waals surface area contributed by atoms with Crippen molar-refractivity contribution in [3.8, 4) is 0 Å². The summed E-state index contributed by atoms with van der Waals surface area (Å²) in [6.07, 6.45) is 4.91. The number of rotatable bonds is 1. The highest BCUT2D eigenvalue weighted by Crippen LogP contribution is 2.36. The summed E-state index contributed by atoms with van der Waals surface area (Å²) >= 11 is 5.36. The van der Waals surface area contributed by atoms with Gasteiger partial charge in [-0.3, -0.25) is 4.98 Å². The van der Waals surface area contributed by atoms with Crippen molar-refractivity contribution in [2.45, 2.75) is 19.4 Å². The Balaban J connectivity index is 1.96. The summed E-state index contributed by atoms with van der Waals surface area (Å²) in [4.78, 5) is 8.21. The largest absolute Gasteiger partial charge is 0.363 e. The van der Waals surface area contributed by atoms with E-state index in [1.54, 1.807) is 0 Å². The molecule has 88 valence electrons. The number of anilines is 1. The SMILES string of the molecule is CC1c2ccsc2CCN1c1cncc(Br)c1. The monoisotopic (exact) mass is 308 g/mol. The lowest BCUT2D eigenvalue weighted by Gasteiger charge is -2.35. The second kappa shape index (κ2) is 4.42. The molecule has 1 aliphatic heterocycles. The maximum atomic E-state index is 4.25. The van der Waals surface area contributed by atoms with Gasteiger partial charge >= 0.3 is 0 Å². The molecule has 0 saturated carbocycles. The van der Waals surface area contributed by atoms with Crippen LogP contribution in [0.5, 0.6) is 0 Å². The average molecular weight is 309 g/mol. The molecule has 0 spiro atoms. The fourth-order valence-electron chi connectivity index (χ4n) is 2.42. The minimum Gasteiger partial charge on any atom is -0.363 e. The Morgan fingerprint density at radius 2 is 2.35 bits per heavy atom. The second-order valence-electron chi connectivity index (χ2n) is 4.28. The Hall–Kier alpha value is -0.870. The summed E-state index contributed by atoms with van der Waals surface area (Å²) in [7, 11) is 0. The van der Waals surface area contributed by atoms with Crippen LogP contribution >= 0.6 is 27.3 Å². The Morgan fingerprint density at radius 3 is 3.18 bits per heavy atom. The van der Waals surface area contributed by atoms with E-state index in [-0.39, 0.29) is 0 Å². The van der Waals surface area contributed by atoms with E-state index < -0.39 is 0 Å². The van der Waals surface area contributed by atoms with Crippen LogP contribution < -0.4 is 4.90 Å². The van der Waals surface area contributed by atoms with Gasteiger partial charge in [0.2, 0.25) is 0 Å². The first-order valence-electron chi connectivity index (χ1n) is 5.69. The van der Waals surface area contributed by atoms with Crippen LogP contribution in [0.25, 0.3) is 0 Å². The van der Waals surface area contributed by atoms with Gasteiger partial charge in [-0.15, -0.1) is 11.3 Å². The zero-order chi connectivity index (χ0) is 11.8. The van der Waals surface area contributed by atoms with Crippen molar-refractivity contribution in [1.82, 2.24) is 4.98 Å². The van der Waals surface area contributed by atoms with E-state index in [1.165, 1.54) is 16.1 Å². The van der Waals surface area contributed by atoms with E-state index in [1.807, 2.05) is 23.7 Å². The molecule has 0 N–H and O–H groups in total. The van der Waals surface area contributed by atoms with Gasteiger partial charge in [-0.05, 0) is 52.4 Å². The van der Waals surface area contributed by atoms with E-state index in [0.717, 1.165) is 17.4 Å². The molecule has 0 amide bonds. The molecule has 0 aliphatic carbocycles.